The van der Waals surface area contributed by atoms with Crippen LogP contribution in [0.15, 0.2) is 30.3 Å². The Hall–Kier alpha value is -1.45. The summed E-state index contributed by atoms with van der Waals surface area (Å²) in [7, 11) is 0. The third-order valence-corrected chi connectivity index (χ3v) is 4.44. The summed E-state index contributed by atoms with van der Waals surface area (Å²) in [6.45, 7) is 0. The number of nitrogens with zero attached hydrogens (tertiary/aromatic N) is 1. The van der Waals surface area contributed by atoms with Crippen LogP contribution in [0.2, 0.25) is 0 Å². The topological polar surface area (TPSA) is 99.9 Å². The van der Waals surface area contributed by atoms with E-state index in [9.17, 15) is 5.26 Å². The van der Waals surface area contributed by atoms with Crippen LogP contribution in [0.3, 0.4) is 0 Å². The predicted molar refractivity (Wildman–Crippen MR) is 72.4 cm³/mol. The van der Waals surface area contributed by atoms with Gasteiger partial charge >= 0.3 is 0 Å². The molecule has 6 N–H and O–H groups in total. The molecule has 1 aliphatic heterocycles. The standard InChI is InChI=1S/C14H19N5/c15-7-9-10(16)6-11-13(14(17)19-18-11)12(9)8-4-2-1-3-5-8/h1-5,9-14,18-19H,6,16-17H2. The van der Waals surface area contributed by atoms with Crippen molar-refractivity contribution < 1.29 is 0 Å². The fourth-order valence-electron chi connectivity index (χ4n) is 3.56. The molecule has 0 spiro atoms. The molecular formula is C14H19N5. The minimum absolute atomic E-state index is 0.0810. The van der Waals surface area contributed by atoms with Gasteiger partial charge < -0.3 is 11.5 Å². The molecule has 1 aliphatic carbocycles. The second kappa shape index (κ2) is 4.91. The van der Waals surface area contributed by atoms with Gasteiger partial charge in [0.15, 0.2) is 0 Å². The van der Waals surface area contributed by atoms with Gasteiger partial charge in [-0.15, -0.1) is 0 Å². The zero-order valence-corrected chi connectivity index (χ0v) is 10.7. The van der Waals surface area contributed by atoms with E-state index in [1.165, 1.54) is 0 Å². The number of nitriles is 1. The van der Waals surface area contributed by atoms with E-state index in [1.807, 2.05) is 18.2 Å². The van der Waals surface area contributed by atoms with Gasteiger partial charge in [0.2, 0.25) is 0 Å². The van der Waals surface area contributed by atoms with Crippen molar-refractivity contribution in [2.75, 3.05) is 0 Å². The van der Waals surface area contributed by atoms with Gasteiger partial charge in [-0.1, -0.05) is 30.3 Å². The van der Waals surface area contributed by atoms with Crippen molar-refractivity contribution in [1.82, 2.24) is 10.9 Å². The second-order valence-electron chi connectivity index (χ2n) is 5.49. The lowest BCUT2D eigenvalue weighted by Crippen LogP contribution is -2.51. The lowest BCUT2D eigenvalue weighted by Gasteiger charge is -2.41. The maximum absolute atomic E-state index is 9.49. The third-order valence-electron chi connectivity index (χ3n) is 4.44. The predicted octanol–water partition coefficient (Wildman–Crippen LogP) is 0.0184. The third kappa shape index (κ3) is 2.03. The SMILES string of the molecule is N#CC1C(N)CC2NNC(N)C2C1c1ccccc1. The Balaban J connectivity index is 2.02. The summed E-state index contributed by atoms with van der Waals surface area (Å²) in [6.07, 6.45) is 0.644. The molecule has 2 fully saturated rings. The highest BCUT2D eigenvalue weighted by molar-refractivity contribution is 5.27. The Morgan fingerprint density at radius 2 is 1.89 bits per heavy atom. The molecule has 0 radical (unpaired) electrons. The van der Waals surface area contributed by atoms with Gasteiger partial charge in [-0.3, -0.25) is 5.43 Å². The Labute approximate surface area is 112 Å². The van der Waals surface area contributed by atoms with Crippen LogP contribution in [0.25, 0.3) is 0 Å². The minimum atomic E-state index is -0.184. The van der Waals surface area contributed by atoms with E-state index in [0.29, 0.717) is 0 Å². The second-order valence-corrected chi connectivity index (χ2v) is 5.49. The molecule has 100 valence electrons. The minimum Gasteiger partial charge on any atom is -0.326 e. The summed E-state index contributed by atoms with van der Waals surface area (Å²) in [6, 6.07) is 12.6. The first-order valence-corrected chi connectivity index (χ1v) is 6.69. The van der Waals surface area contributed by atoms with Crippen LogP contribution in [0.5, 0.6) is 0 Å². The average Bonchev–Trinajstić information content (AvgIpc) is 2.79. The number of hydrogen-bond acceptors (Lipinski definition) is 5. The first-order valence-electron chi connectivity index (χ1n) is 6.69. The van der Waals surface area contributed by atoms with Crippen molar-refractivity contribution >= 4 is 0 Å². The molecule has 1 saturated carbocycles. The van der Waals surface area contributed by atoms with Crippen molar-refractivity contribution in [3.05, 3.63) is 35.9 Å². The quantitative estimate of drug-likeness (QED) is 0.568. The smallest absolute Gasteiger partial charge is 0.0729 e. The summed E-state index contributed by atoms with van der Waals surface area (Å²) in [5, 5.41) is 9.49. The van der Waals surface area contributed by atoms with Crippen LogP contribution < -0.4 is 22.3 Å². The molecule has 1 aromatic carbocycles. The number of fused-ring (bicyclic) bond motifs is 1. The van der Waals surface area contributed by atoms with Crippen LogP contribution in [-0.4, -0.2) is 18.2 Å². The Morgan fingerprint density at radius 1 is 1.16 bits per heavy atom. The first kappa shape index (κ1) is 12.6. The van der Waals surface area contributed by atoms with Crippen LogP contribution in [0.1, 0.15) is 17.9 Å². The van der Waals surface area contributed by atoms with Gasteiger partial charge in [-0.05, 0) is 12.0 Å². The first-order chi connectivity index (χ1) is 9.22. The molecule has 1 saturated heterocycles. The summed E-state index contributed by atoms with van der Waals surface area (Å²) < 4.78 is 0. The highest BCUT2D eigenvalue weighted by Gasteiger charge is 2.49. The van der Waals surface area contributed by atoms with Gasteiger partial charge in [0.1, 0.15) is 0 Å². The van der Waals surface area contributed by atoms with Crippen molar-refractivity contribution in [3.63, 3.8) is 0 Å². The molecule has 0 bridgehead atoms. The molecule has 1 aromatic rings. The number of nitrogens with two attached hydrogens (primary N) is 2. The Bertz CT molecular complexity index is 482. The molecule has 19 heavy (non-hydrogen) atoms. The maximum Gasteiger partial charge on any atom is 0.0729 e. The number of benzene rings is 1. The van der Waals surface area contributed by atoms with Gasteiger partial charge in [-0.2, -0.15) is 5.26 Å². The normalized spacial score (nSPS) is 41.5. The van der Waals surface area contributed by atoms with Gasteiger partial charge in [0.25, 0.3) is 0 Å². The molecule has 0 amide bonds. The van der Waals surface area contributed by atoms with Crippen LogP contribution >= 0.6 is 0 Å². The van der Waals surface area contributed by atoms with Crippen molar-refractivity contribution in [3.8, 4) is 6.07 Å². The summed E-state index contributed by atoms with van der Waals surface area (Å²) in [5.41, 5.74) is 19.8. The Morgan fingerprint density at radius 3 is 2.58 bits per heavy atom. The molecule has 5 heteroatoms. The lowest BCUT2D eigenvalue weighted by molar-refractivity contribution is 0.199. The largest absolute Gasteiger partial charge is 0.326 e. The fourth-order valence-corrected chi connectivity index (χ4v) is 3.56. The summed E-state index contributed by atoms with van der Waals surface area (Å²) >= 11 is 0. The Kier molecular flexibility index (Phi) is 3.25. The van der Waals surface area contributed by atoms with Crippen molar-refractivity contribution in [2.45, 2.75) is 30.6 Å². The fraction of sp³-hybridized carbons (Fsp3) is 0.500. The van der Waals surface area contributed by atoms with Crippen LogP contribution in [0, 0.1) is 23.2 Å². The molecule has 0 aromatic heterocycles. The zero-order valence-electron chi connectivity index (χ0n) is 10.7. The van der Waals surface area contributed by atoms with E-state index in [0.717, 1.165) is 12.0 Å². The number of nitrogens with one attached hydrogen (secondary N) is 2. The average molecular weight is 257 g/mol. The molecule has 5 nitrogen and oxygen atoms in total. The molecule has 3 rings (SSSR count). The van der Waals surface area contributed by atoms with Crippen molar-refractivity contribution in [2.24, 2.45) is 23.3 Å². The number of hydrogen-bond donors (Lipinski definition) is 4. The highest BCUT2D eigenvalue weighted by Crippen LogP contribution is 2.43. The van der Waals surface area contributed by atoms with Gasteiger partial charge in [0.05, 0.1) is 18.2 Å². The molecule has 2 aliphatic rings. The van der Waals surface area contributed by atoms with E-state index in [2.05, 4.69) is 29.1 Å². The molecule has 6 unspecified atom stereocenters. The number of rotatable bonds is 1. The zero-order chi connectivity index (χ0) is 13.4. The van der Waals surface area contributed by atoms with Gasteiger partial charge in [0, 0.05) is 23.9 Å². The van der Waals surface area contributed by atoms with Crippen LogP contribution in [-0.2, 0) is 0 Å². The van der Waals surface area contributed by atoms with Crippen molar-refractivity contribution in [1.29, 1.82) is 5.26 Å². The monoisotopic (exact) mass is 257 g/mol. The van der Waals surface area contributed by atoms with Crippen LogP contribution in [0.4, 0.5) is 0 Å². The maximum atomic E-state index is 9.49. The van der Waals surface area contributed by atoms with Gasteiger partial charge in [-0.25, -0.2) is 5.43 Å². The summed E-state index contributed by atoms with van der Waals surface area (Å²) in [5.74, 6) is 0.0979. The van der Waals surface area contributed by atoms with E-state index in [-0.39, 0.29) is 36.0 Å². The summed E-state index contributed by atoms with van der Waals surface area (Å²) in [4.78, 5) is 0. The molecule has 1 heterocycles. The number of hydrazine groups is 1. The van der Waals surface area contributed by atoms with E-state index >= 15 is 0 Å². The van der Waals surface area contributed by atoms with E-state index < -0.39 is 0 Å². The lowest BCUT2D eigenvalue weighted by atomic mass is 9.65. The molecular weight excluding hydrogens is 238 g/mol. The molecule has 6 atom stereocenters. The van der Waals surface area contributed by atoms with E-state index in [4.69, 9.17) is 11.5 Å². The highest BCUT2D eigenvalue weighted by atomic mass is 15.5. The van der Waals surface area contributed by atoms with E-state index in [1.54, 1.807) is 0 Å².